The van der Waals surface area contributed by atoms with Gasteiger partial charge < -0.3 is 24.1 Å². The van der Waals surface area contributed by atoms with Crippen LogP contribution in [-0.4, -0.2) is 40.9 Å². The molecule has 0 bridgehead atoms. The number of fused-ring (bicyclic) bond motifs is 1. The van der Waals surface area contributed by atoms with E-state index in [0.29, 0.717) is 36.1 Å². The number of nitrogens with zero attached hydrogens (tertiary/aromatic N) is 3. The highest BCUT2D eigenvalue weighted by molar-refractivity contribution is 6.30. The number of hydrogen-bond donors (Lipinski definition) is 1. The van der Waals surface area contributed by atoms with Gasteiger partial charge in [-0.2, -0.15) is 0 Å². The average Bonchev–Trinajstić information content (AvgIpc) is 3.56. The summed E-state index contributed by atoms with van der Waals surface area (Å²) in [6.45, 7) is 2.75. The smallest absolute Gasteiger partial charge is 0.271 e. The molecule has 5 rings (SSSR count). The second-order valence-electron chi connectivity index (χ2n) is 9.70. The summed E-state index contributed by atoms with van der Waals surface area (Å²) in [5, 5.41) is 3.68. The molecule has 7 nitrogen and oxygen atoms in total. The molecule has 1 N–H and O–H groups in total. The van der Waals surface area contributed by atoms with Crippen molar-refractivity contribution in [3.05, 3.63) is 101 Å². The number of furan rings is 1. The van der Waals surface area contributed by atoms with Crippen LogP contribution in [0, 0.1) is 0 Å². The predicted molar refractivity (Wildman–Crippen MR) is 144 cm³/mol. The van der Waals surface area contributed by atoms with Crippen LogP contribution in [0.1, 0.15) is 28.5 Å². The number of halogens is 1. The van der Waals surface area contributed by atoms with Crippen molar-refractivity contribution in [2.75, 3.05) is 19.0 Å². The van der Waals surface area contributed by atoms with Crippen LogP contribution in [-0.2, 0) is 24.4 Å². The van der Waals surface area contributed by atoms with Crippen molar-refractivity contribution in [2.24, 2.45) is 0 Å². The summed E-state index contributed by atoms with van der Waals surface area (Å²) in [5.41, 5.74) is 3.08. The number of carbonyl (C=O) groups excluding carboxylic acids is 2. The standard InChI is InChI=1S/C29H29ClN4O3/c1-29(28(36)31-17-20-6-10-22(30)11-7-20)19-33-24(26-5-4-16-37-26)14-15-25(33)27(35)34(29)18-21-8-12-23(13-9-21)32(2)3/h4-16H,17-19H2,1-3H3,(H,31,36). The van der Waals surface area contributed by atoms with E-state index in [4.69, 9.17) is 16.0 Å². The first-order chi connectivity index (χ1) is 17.8. The maximum absolute atomic E-state index is 13.9. The lowest BCUT2D eigenvalue weighted by Gasteiger charge is -2.44. The number of hydrogen-bond acceptors (Lipinski definition) is 4. The first-order valence-electron chi connectivity index (χ1n) is 12.1. The minimum Gasteiger partial charge on any atom is -0.463 e. The highest BCUT2D eigenvalue weighted by Crippen LogP contribution is 2.34. The van der Waals surface area contributed by atoms with Crippen molar-refractivity contribution >= 4 is 29.1 Å². The molecule has 1 aliphatic heterocycles. The van der Waals surface area contributed by atoms with Crippen molar-refractivity contribution in [3.63, 3.8) is 0 Å². The Hall–Kier alpha value is -3.97. The highest BCUT2D eigenvalue weighted by Gasteiger charge is 2.47. The van der Waals surface area contributed by atoms with Gasteiger partial charge in [0.1, 0.15) is 17.0 Å². The third-order valence-corrected chi connectivity index (χ3v) is 7.18. The monoisotopic (exact) mass is 516 g/mol. The Morgan fingerprint density at radius 2 is 1.68 bits per heavy atom. The quantitative estimate of drug-likeness (QED) is 0.366. The lowest BCUT2D eigenvalue weighted by atomic mass is 9.93. The number of rotatable bonds is 7. The van der Waals surface area contributed by atoms with Crippen molar-refractivity contribution < 1.29 is 14.0 Å². The Morgan fingerprint density at radius 3 is 2.32 bits per heavy atom. The molecule has 2 aromatic heterocycles. The van der Waals surface area contributed by atoms with Crippen LogP contribution in [0.2, 0.25) is 5.02 Å². The zero-order valence-corrected chi connectivity index (χ0v) is 21.8. The zero-order valence-electron chi connectivity index (χ0n) is 21.1. The maximum Gasteiger partial charge on any atom is 0.271 e. The van der Waals surface area contributed by atoms with Gasteiger partial charge in [-0.1, -0.05) is 35.9 Å². The van der Waals surface area contributed by atoms with Crippen LogP contribution < -0.4 is 10.2 Å². The molecular weight excluding hydrogens is 488 g/mol. The van der Waals surface area contributed by atoms with E-state index in [1.807, 2.05) is 85.1 Å². The predicted octanol–water partition coefficient (Wildman–Crippen LogP) is 5.20. The molecular formula is C29H29ClN4O3. The SMILES string of the molecule is CN(C)c1ccc(CN2C(=O)c3ccc(-c4ccco4)n3CC2(C)C(=O)NCc2ccc(Cl)cc2)cc1. The molecule has 2 aromatic carbocycles. The zero-order chi connectivity index (χ0) is 26.2. The Kier molecular flexibility index (Phi) is 6.56. The first-order valence-corrected chi connectivity index (χ1v) is 12.5. The molecule has 1 unspecified atom stereocenters. The van der Waals surface area contributed by atoms with Gasteiger partial charge in [0.15, 0.2) is 0 Å². The third-order valence-electron chi connectivity index (χ3n) is 6.93. The highest BCUT2D eigenvalue weighted by atomic mass is 35.5. The van der Waals surface area contributed by atoms with Crippen molar-refractivity contribution in [1.82, 2.24) is 14.8 Å². The molecule has 0 aliphatic carbocycles. The molecule has 0 saturated carbocycles. The Labute approximate surface area is 221 Å². The first kappa shape index (κ1) is 24.7. The van der Waals surface area contributed by atoms with Gasteiger partial charge in [-0.15, -0.1) is 0 Å². The topological polar surface area (TPSA) is 70.7 Å². The Morgan fingerprint density at radius 1 is 1.00 bits per heavy atom. The molecule has 0 radical (unpaired) electrons. The Bertz CT molecular complexity index is 1410. The van der Waals surface area contributed by atoms with E-state index in [1.54, 1.807) is 29.4 Å². The van der Waals surface area contributed by atoms with Crippen molar-refractivity contribution in [1.29, 1.82) is 0 Å². The number of anilines is 1. The minimum atomic E-state index is -1.14. The molecule has 4 aromatic rings. The largest absolute Gasteiger partial charge is 0.463 e. The van der Waals surface area contributed by atoms with E-state index in [-0.39, 0.29) is 11.8 Å². The summed E-state index contributed by atoms with van der Waals surface area (Å²) in [6, 6.07) is 22.7. The van der Waals surface area contributed by atoms with E-state index in [0.717, 1.165) is 22.5 Å². The molecule has 37 heavy (non-hydrogen) atoms. The van der Waals surface area contributed by atoms with Crippen LogP contribution in [0.4, 0.5) is 5.69 Å². The second-order valence-corrected chi connectivity index (χ2v) is 10.1. The van der Waals surface area contributed by atoms with E-state index in [9.17, 15) is 9.59 Å². The number of aromatic nitrogens is 1. The third kappa shape index (κ3) is 4.74. The number of nitrogens with one attached hydrogen (secondary N) is 1. The van der Waals surface area contributed by atoms with Crippen molar-refractivity contribution in [2.45, 2.75) is 32.1 Å². The molecule has 8 heteroatoms. The molecule has 2 amide bonds. The van der Waals surface area contributed by atoms with Crippen LogP contribution in [0.15, 0.2) is 83.5 Å². The van der Waals surface area contributed by atoms with Crippen LogP contribution >= 0.6 is 11.6 Å². The van der Waals surface area contributed by atoms with Gasteiger partial charge in [-0.05, 0) is 66.6 Å². The molecule has 0 fully saturated rings. The minimum absolute atomic E-state index is 0.204. The van der Waals surface area contributed by atoms with E-state index < -0.39 is 5.54 Å². The second kappa shape index (κ2) is 9.82. The molecule has 1 atom stereocenters. The molecule has 0 saturated heterocycles. The fourth-order valence-corrected chi connectivity index (χ4v) is 4.84. The van der Waals surface area contributed by atoms with E-state index >= 15 is 0 Å². The van der Waals surface area contributed by atoms with Crippen molar-refractivity contribution in [3.8, 4) is 11.5 Å². The van der Waals surface area contributed by atoms with Crippen LogP contribution in [0.3, 0.4) is 0 Å². The number of amides is 2. The fraction of sp³-hybridized carbons (Fsp3) is 0.241. The number of carbonyl (C=O) groups is 2. The molecule has 190 valence electrons. The van der Waals surface area contributed by atoms with Gasteiger partial charge in [0, 0.05) is 37.9 Å². The lowest BCUT2D eigenvalue weighted by Crippen LogP contribution is -2.63. The summed E-state index contributed by atoms with van der Waals surface area (Å²) in [4.78, 5) is 31.4. The summed E-state index contributed by atoms with van der Waals surface area (Å²) in [7, 11) is 3.96. The molecule has 1 aliphatic rings. The molecule has 0 spiro atoms. The average molecular weight is 517 g/mol. The summed E-state index contributed by atoms with van der Waals surface area (Å²) in [6.07, 6.45) is 1.60. The van der Waals surface area contributed by atoms with Gasteiger partial charge in [0.25, 0.3) is 5.91 Å². The Balaban J connectivity index is 1.49. The lowest BCUT2D eigenvalue weighted by molar-refractivity contribution is -0.133. The van der Waals surface area contributed by atoms with Crippen LogP contribution in [0.25, 0.3) is 11.5 Å². The van der Waals surface area contributed by atoms with Gasteiger partial charge >= 0.3 is 0 Å². The normalized spacial score (nSPS) is 17.0. The van der Waals surface area contributed by atoms with Gasteiger partial charge in [-0.3, -0.25) is 9.59 Å². The van der Waals surface area contributed by atoms with Gasteiger partial charge in [-0.25, -0.2) is 0 Å². The summed E-state index contributed by atoms with van der Waals surface area (Å²) < 4.78 is 7.50. The van der Waals surface area contributed by atoms with Crippen LogP contribution in [0.5, 0.6) is 0 Å². The summed E-state index contributed by atoms with van der Waals surface area (Å²) in [5.74, 6) is 0.214. The molecule has 3 heterocycles. The summed E-state index contributed by atoms with van der Waals surface area (Å²) >= 11 is 6.01. The number of benzene rings is 2. The maximum atomic E-state index is 13.9. The van der Waals surface area contributed by atoms with E-state index in [2.05, 4.69) is 5.32 Å². The van der Waals surface area contributed by atoms with Gasteiger partial charge in [0.2, 0.25) is 5.91 Å². The van der Waals surface area contributed by atoms with Gasteiger partial charge in [0.05, 0.1) is 18.5 Å². The fourth-order valence-electron chi connectivity index (χ4n) is 4.72. The van der Waals surface area contributed by atoms with E-state index in [1.165, 1.54) is 0 Å².